The Morgan fingerprint density at radius 2 is 1.75 bits per heavy atom. The van der Waals surface area contributed by atoms with Crippen LogP contribution in [-0.4, -0.2) is 15.9 Å². The van der Waals surface area contributed by atoms with Gasteiger partial charge in [0.1, 0.15) is 6.17 Å². The Bertz CT molecular complexity index is 534. The van der Waals surface area contributed by atoms with E-state index < -0.39 is 9.96 Å². The highest BCUT2D eigenvalue weighted by molar-refractivity contribution is 6.68. The molecule has 0 aliphatic heterocycles. The van der Waals surface area contributed by atoms with Gasteiger partial charge in [-0.05, 0) is 24.6 Å². The van der Waals surface area contributed by atoms with Crippen LogP contribution in [0.5, 0.6) is 0 Å². The topological polar surface area (TPSA) is 41.1 Å². The Morgan fingerprint density at radius 1 is 1.08 bits per heavy atom. The third-order valence-corrected chi connectivity index (χ3v) is 4.76. The number of rotatable bonds is 9. The number of halogens is 5. The molecule has 136 valence electrons. The summed E-state index contributed by atoms with van der Waals surface area (Å²) in [6.07, 6.45) is 4.80. The van der Waals surface area contributed by atoms with Crippen LogP contribution in [0.4, 0.5) is 5.69 Å². The van der Waals surface area contributed by atoms with Crippen molar-refractivity contribution < 1.29 is 4.79 Å². The van der Waals surface area contributed by atoms with Gasteiger partial charge in [-0.1, -0.05) is 90.6 Å². The van der Waals surface area contributed by atoms with Crippen molar-refractivity contribution in [2.45, 2.75) is 55.4 Å². The smallest absolute Gasteiger partial charge is 0.228 e. The van der Waals surface area contributed by atoms with Crippen LogP contribution >= 0.6 is 58.0 Å². The minimum absolute atomic E-state index is 0.171. The van der Waals surface area contributed by atoms with Crippen molar-refractivity contribution in [1.29, 1.82) is 0 Å². The van der Waals surface area contributed by atoms with Crippen LogP contribution in [0.25, 0.3) is 0 Å². The first-order chi connectivity index (χ1) is 11.2. The highest BCUT2D eigenvalue weighted by Gasteiger charge is 2.34. The molecule has 8 heteroatoms. The van der Waals surface area contributed by atoms with Crippen LogP contribution in [0, 0.1) is 0 Å². The standard InChI is InChI=1S/C16H21Cl5N2O/c1-2-3-4-5-6-7-14(24)23-15(16(19,20)21)22-11-8-9-12(17)13(18)10-11/h8-10,15,22H,2-7H2,1H3,(H,23,24)/t15-/m0/s1. The fraction of sp³-hybridized carbons (Fsp3) is 0.562. The first-order valence-electron chi connectivity index (χ1n) is 7.81. The lowest BCUT2D eigenvalue weighted by Gasteiger charge is -2.27. The predicted molar refractivity (Wildman–Crippen MR) is 106 cm³/mol. The Morgan fingerprint density at radius 3 is 2.33 bits per heavy atom. The third kappa shape index (κ3) is 8.35. The van der Waals surface area contributed by atoms with E-state index in [4.69, 9.17) is 58.0 Å². The molecule has 0 fully saturated rings. The monoisotopic (exact) mass is 432 g/mol. The summed E-state index contributed by atoms with van der Waals surface area (Å²) < 4.78 is -1.72. The van der Waals surface area contributed by atoms with Crippen molar-refractivity contribution in [1.82, 2.24) is 5.32 Å². The van der Waals surface area contributed by atoms with Crippen molar-refractivity contribution in [2.24, 2.45) is 0 Å². The molecule has 2 N–H and O–H groups in total. The van der Waals surface area contributed by atoms with Crippen molar-refractivity contribution >= 4 is 69.6 Å². The maximum Gasteiger partial charge on any atom is 0.228 e. The number of anilines is 1. The molecule has 24 heavy (non-hydrogen) atoms. The van der Waals surface area contributed by atoms with Crippen LogP contribution in [-0.2, 0) is 4.79 Å². The molecule has 0 aliphatic carbocycles. The quantitative estimate of drug-likeness (QED) is 0.262. The molecule has 1 aromatic carbocycles. The van der Waals surface area contributed by atoms with Crippen molar-refractivity contribution in [2.75, 3.05) is 5.32 Å². The van der Waals surface area contributed by atoms with Crippen LogP contribution in [0.1, 0.15) is 45.4 Å². The summed E-state index contributed by atoms with van der Waals surface area (Å²) in [6, 6.07) is 4.91. The lowest BCUT2D eigenvalue weighted by Crippen LogP contribution is -2.49. The molecule has 0 saturated heterocycles. The summed E-state index contributed by atoms with van der Waals surface area (Å²) in [5.74, 6) is -0.171. The van der Waals surface area contributed by atoms with Gasteiger partial charge in [-0.3, -0.25) is 4.79 Å². The number of nitrogens with one attached hydrogen (secondary N) is 2. The van der Waals surface area contributed by atoms with Gasteiger partial charge < -0.3 is 10.6 Å². The number of carbonyl (C=O) groups is 1. The third-order valence-electron chi connectivity index (χ3n) is 3.37. The normalized spacial score (nSPS) is 12.8. The Labute approximate surface area is 168 Å². The average molecular weight is 435 g/mol. The minimum Gasteiger partial charge on any atom is -0.362 e. The maximum atomic E-state index is 12.1. The summed E-state index contributed by atoms with van der Waals surface area (Å²) in [6.45, 7) is 2.15. The molecule has 1 rings (SSSR count). The van der Waals surface area contributed by atoms with E-state index in [-0.39, 0.29) is 5.91 Å². The van der Waals surface area contributed by atoms with Crippen LogP contribution in [0.2, 0.25) is 10.0 Å². The zero-order valence-corrected chi connectivity index (χ0v) is 17.1. The molecule has 0 heterocycles. The van der Waals surface area contributed by atoms with Gasteiger partial charge in [0.25, 0.3) is 0 Å². The van der Waals surface area contributed by atoms with Crippen molar-refractivity contribution in [3.05, 3.63) is 28.2 Å². The fourth-order valence-electron chi connectivity index (χ4n) is 2.07. The first kappa shape index (κ1) is 22.0. The lowest BCUT2D eigenvalue weighted by molar-refractivity contribution is -0.121. The lowest BCUT2D eigenvalue weighted by atomic mass is 10.1. The fourth-order valence-corrected chi connectivity index (χ4v) is 2.70. The average Bonchev–Trinajstić information content (AvgIpc) is 2.49. The van der Waals surface area contributed by atoms with E-state index in [9.17, 15) is 4.79 Å². The first-order valence-corrected chi connectivity index (χ1v) is 9.70. The molecule has 1 atom stereocenters. The van der Waals surface area contributed by atoms with Crippen molar-refractivity contribution in [3.63, 3.8) is 0 Å². The number of benzene rings is 1. The number of hydrogen-bond donors (Lipinski definition) is 2. The van der Waals surface area contributed by atoms with Gasteiger partial charge in [-0.15, -0.1) is 0 Å². The zero-order chi connectivity index (χ0) is 18.2. The molecule has 0 aromatic heterocycles. The van der Waals surface area contributed by atoms with Gasteiger partial charge in [0, 0.05) is 12.1 Å². The summed E-state index contributed by atoms with van der Waals surface area (Å²) in [5, 5.41) is 6.45. The second-order valence-electron chi connectivity index (χ2n) is 5.48. The molecule has 0 saturated carbocycles. The second kappa shape index (κ2) is 10.8. The number of alkyl halides is 3. The molecule has 0 unspecified atom stereocenters. The molecular formula is C16H21Cl5N2O. The van der Waals surface area contributed by atoms with E-state index >= 15 is 0 Å². The Kier molecular flexibility index (Phi) is 9.91. The molecular weight excluding hydrogens is 413 g/mol. The van der Waals surface area contributed by atoms with Gasteiger partial charge >= 0.3 is 0 Å². The highest BCUT2D eigenvalue weighted by atomic mass is 35.6. The predicted octanol–water partition coefficient (Wildman–Crippen LogP) is 6.58. The minimum atomic E-state index is -1.72. The summed E-state index contributed by atoms with van der Waals surface area (Å²) in [7, 11) is 0. The maximum absolute atomic E-state index is 12.1. The van der Waals surface area contributed by atoms with Gasteiger partial charge in [-0.2, -0.15) is 0 Å². The summed E-state index contributed by atoms with van der Waals surface area (Å²) in [4.78, 5) is 12.1. The molecule has 0 bridgehead atoms. The van der Waals surface area contributed by atoms with E-state index in [1.165, 1.54) is 6.42 Å². The molecule has 3 nitrogen and oxygen atoms in total. The SMILES string of the molecule is CCCCCCCC(=O)N[C@H](Nc1ccc(Cl)c(Cl)c1)C(Cl)(Cl)Cl. The van der Waals surface area contributed by atoms with Crippen molar-refractivity contribution in [3.8, 4) is 0 Å². The molecule has 0 aliphatic rings. The van der Waals surface area contributed by atoms with Crippen LogP contribution in [0.3, 0.4) is 0 Å². The molecule has 0 spiro atoms. The van der Waals surface area contributed by atoms with Gasteiger partial charge in [0.2, 0.25) is 9.70 Å². The molecule has 0 radical (unpaired) electrons. The van der Waals surface area contributed by atoms with E-state index in [0.29, 0.717) is 22.2 Å². The van der Waals surface area contributed by atoms with Gasteiger partial charge in [-0.25, -0.2) is 0 Å². The largest absolute Gasteiger partial charge is 0.362 e. The van der Waals surface area contributed by atoms with E-state index in [1.54, 1.807) is 18.2 Å². The van der Waals surface area contributed by atoms with Gasteiger partial charge in [0.05, 0.1) is 10.0 Å². The molecule has 1 aromatic rings. The van der Waals surface area contributed by atoms with Crippen LogP contribution in [0.15, 0.2) is 18.2 Å². The molecule has 1 amide bonds. The summed E-state index contributed by atoms with van der Waals surface area (Å²) in [5.41, 5.74) is 0.587. The Balaban J connectivity index is 2.59. The van der Waals surface area contributed by atoms with Gasteiger partial charge in [0.15, 0.2) is 0 Å². The van der Waals surface area contributed by atoms with E-state index in [1.807, 2.05) is 0 Å². The van der Waals surface area contributed by atoms with E-state index in [0.717, 1.165) is 25.7 Å². The highest BCUT2D eigenvalue weighted by Crippen LogP contribution is 2.32. The number of carbonyl (C=O) groups excluding carboxylic acids is 1. The number of hydrogen-bond acceptors (Lipinski definition) is 2. The Hall–Kier alpha value is -0.0600. The second-order valence-corrected chi connectivity index (χ2v) is 8.66. The zero-order valence-electron chi connectivity index (χ0n) is 13.4. The number of unbranched alkanes of at least 4 members (excludes halogenated alkanes) is 4. The number of amides is 1. The van der Waals surface area contributed by atoms with E-state index in [2.05, 4.69) is 17.6 Å². The summed E-state index contributed by atoms with van der Waals surface area (Å²) >= 11 is 29.7. The van der Waals surface area contributed by atoms with Crippen LogP contribution < -0.4 is 10.6 Å².